The van der Waals surface area contributed by atoms with Crippen LogP contribution in [0.5, 0.6) is 5.75 Å². The summed E-state index contributed by atoms with van der Waals surface area (Å²) in [7, 11) is 1.52. The van der Waals surface area contributed by atoms with Gasteiger partial charge in [0, 0.05) is 5.56 Å². The zero-order valence-electron chi connectivity index (χ0n) is 13.9. The molecule has 27 heavy (non-hydrogen) atoms. The average molecular weight is 451 g/mol. The minimum absolute atomic E-state index is 0.0928. The van der Waals surface area contributed by atoms with Gasteiger partial charge in [0.25, 0.3) is 5.91 Å². The second kappa shape index (κ2) is 9.41. The molecule has 2 aromatic carbocycles. The third-order valence-electron chi connectivity index (χ3n) is 3.34. The van der Waals surface area contributed by atoms with Crippen LogP contribution in [-0.2, 0) is 0 Å². The van der Waals surface area contributed by atoms with E-state index in [9.17, 15) is 9.18 Å². The highest BCUT2D eigenvalue weighted by Gasteiger charge is 2.35. The van der Waals surface area contributed by atoms with Gasteiger partial charge in [-0.05, 0) is 48.6 Å². The van der Waals surface area contributed by atoms with Crippen LogP contribution in [0.1, 0.15) is 10.4 Å². The molecule has 1 atom stereocenters. The molecule has 0 radical (unpaired) electrons. The number of para-hydroxylation sites is 2. The van der Waals surface area contributed by atoms with Crippen LogP contribution in [0.3, 0.4) is 0 Å². The molecule has 1 unspecified atom stereocenters. The Balaban J connectivity index is 2.09. The molecule has 0 aromatic heterocycles. The quantitative estimate of drug-likeness (QED) is 0.361. The minimum atomic E-state index is -1.91. The van der Waals surface area contributed by atoms with Crippen molar-refractivity contribution in [3.8, 4) is 5.75 Å². The van der Waals surface area contributed by atoms with E-state index in [1.807, 2.05) is 0 Å². The number of amides is 1. The predicted octanol–water partition coefficient (Wildman–Crippen LogP) is 4.25. The number of benzene rings is 2. The molecule has 10 heteroatoms. The number of hydrogen-bond donors (Lipinski definition) is 3. The third kappa shape index (κ3) is 6.39. The Morgan fingerprint density at radius 1 is 1.11 bits per heavy atom. The Morgan fingerprint density at radius 3 is 2.33 bits per heavy atom. The van der Waals surface area contributed by atoms with Gasteiger partial charge < -0.3 is 20.7 Å². The van der Waals surface area contributed by atoms with Crippen molar-refractivity contribution in [2.75, 3.05) is 12.4 Å². The van der Waals surface area contributed by atoms with Crippen LogP contribution in [0.15, 0.2) is 48.5 Å². The smallest absolute Gasteiger partial charge is 0.252 e. The van der Waals surface area contributed by atoms with E-state index in [0.717, 1.165) is 12.1 Å². The topological polar surface area (TPSA) is 62.4 Å². The van der Waals surface area contributed by atoms with E-state index in [0.29, 0.717) is 11.4 Å². The molecular weight excluding hydrogens is 436 g/mol. The van der Waals surface area contributed by atoms with Crippen LogP contribution < -0.4 is 20.7 Å². The number of halogens is 4. The lowest BCUT2D eigenvalue weighted by atomic mass is 10.2. The van der Waals surface area contributed by atoms with Crippen molar-refractivity contribution < 1.29 is 13.9 Å². The second-order valence-corrected chi connectivity index (χ2v) is 8.03. The molecule has 2 aromatic rings. The number of carbonyl (C=O) groups excluding carboxylic acids is 1. The van der Waals surface area contributed by atoms with Gasteiger partial charge in [-0.3, -0.25) is 4.79 Å². The van der Waals surface area contributed by atoms with Crippen molar-refractivity contribution in [2.45, 2.75) is 9.96 Å². The Bertz CT molecular complexity index is 816. The van der Waals surface area contributed by atoms with Gasteiger partial charge in [0.2, 0.25) is 3.79 Å². The summed E-state index contributed by atoms with van der Waals surface area (Å²) in [6, 6.07) is 12.0. The van der Waals surface area contributed by atoms with Gasteiger partial charge in [-0.25, -0.2) is 4.39 Å². The lowest BCUT2D eigenvalue weighted by Gasteiger charge is -2.28. The van der Waals surface area contributed by atoms with Crippen LogP contribution in [-0.4, -0.2) is 28.1 Å². The van der Waals surface area contributed by atoms with Crippen molar-refractivity contribution in [3.63, 3.8) is 0 Å². The van der Waals surface area contributed by atoms with Gasteiger partial charge in [-0.2, -0.15) is 0 Å². The summed E-state index contributed by atoms with van der Waals surface area (Å²) in [4.78, 5) is 12.3. The summed E-state index contributed by atoms with van der Waals surface area (Å²) >= 11 is 23.1. The molecule has 0 saturated heterocycles. The van der Waals surface area contributed by atoms with Crippen LogP contribution in [0.25, 0.3) is 0 Å². The van der Waals surface area contributed by atoms with Gasteiger partial charge in [0.05, 0.1) is 12.8 Å². The monoisotopic (exact) mass is 449 g/mol. The predicted molar refractivity (Wildman–Crippen MR) is 110 cm³/mol. The highest BCUT2D eigenvalue weighted by molar-refractivity contribution is 7.80. The van der Waals surface area contributed by atoms with Crippen LogP contribution in [0, 0.1) is 5.82 Å². The lowest BCUT2D eigenvalue weighted by molar-refractivity contribution is 0.0934. The Morgan fingerprint density at radius 2 is 1.74 bits per heavy atom. The summed E-state index contributed by atoms with van der Waals surface area (Å²) < 4.78 is 16.3. The molecule has 5 nitrogen and oxygen atoms in total. The molecule has 0 heterocycles. The minimum Gasteiger partial charge on any atom is -0.495 e. The highest BCUT2D eigenvalue weighted by Crippen LogP contribution is 2.29. The normalized spacial score (nSPS) is 12.0. The average Bonchev–Trinajstić information content (AvgIpc) is 2.61. The van der Waals surface area contributed by atoms with Gasteiger partial charge in [-0.1, -0.05) is 46.9 Å². The fourth-order valence-electron chi connectivity index (χ4n) is 2.05. The molecule has 0 aliphatic heterocycles. The van der Waals surface area contributed by atoms with E-state index < -0.39 is 21.7 Å². The maximum absolute atomic E-state index is 13.0. The largest absolute Gasteiger partial charge is 0.495 e. The molecule has 1 amide bonds. The molecule has 0 saturated carbocycles. The number of rotatable bonds is 5. The first-order chi connectivity index (χ1) is 12.7. The maximum Gasteiger partial charge on any atom is 0.252 e. The number of ether oxygens (including phenoxy) is 1. The number of alkyl halides is 3. The van der Waals surface area contributed by atoms with Crippen LogP contribution in [0.4, 0.5) is 10.1 Å². The first-order valence-electron chi connectivity index (χ1n) is 7.54. The molecule has 0 bridgehead atoms. The van der Waals surface area contributed by atoms with Crippen molar-refractivity contribution >= 4 is 63.7 Å². The molecule has 144 valence electrons. The van der Waals surface area contributed by atoms with E-state index >= 15 is 0 Å². The van der Waals surface area contributed by atoms with E-state index in [4.69, 9.17) is 51.8 Å². The zero-order valence-corrected chi connectivity index (χ0v) is 17.0. The van der Waals surface area contributed by atoms with Gasteiger partial charge >= 0.3 is 0 Å². The number of anilines is 1. The standard InChI is InChI=1S/C17H15Cl3FN3O2S/c1-26-13-5-3-2-4-12(13)22-16(27)24-15(17(18,19)20)23-14(25)10-6-8-11(21)9-7-10/h2-9,15H,1H3,(H,23,25)(H2,22,24,27). The summed E-state index contributed by atoms with van der Waals surface area (Å²) in [5, 5.41) is 8.24. The Labute approximate surface area is 176 Å². The van der Waals surface area contributed by atoms with Crippen LogP contribution in [0.2, 0.25) is 0 Å². The molecule has 0 aliphatic rings. The van der Waals surface area contributed by atoms with Crippen molar-refractivity contribution in [2.24, 2.45) is 0 Å². The van der Waals surface area contributed by atoms with Crippen LogP contribution >= 0.6 is 47.0 Å². The highest BCUT2D eigenvalue weighted by atomic mass is 35.6. The second-order valence-electron chi connectivity index (χ2n) is 5.25. The van der Waals surface area contributed by atoms with Crippen molar-refractivity contribution in [1.29, 1.82) is 0 Å². The van der Waals surface area contributed by atoms with Crippen molar-refractivity contribution in [3.05, 3.63) is 59.9 Å². The Hall–Kier alpha value is -1.80. The van der Waals surface area contributed by atoms with E-state index in [-0.39, 0.29) is 10.7 Å². The number of methoxy groups -OCH3 is 1. The SMILES string of the molecule is COc1ccccc1NC(=S)NC(NC(=O)c1ccc(F)cc1)C(Cl)(Cl)Cl. The molecule has 3 N–H and O–H groups in total. The Kier molecular flexibility index (Phi) is 7.49. The first kappa shape index (κ1) is 21.5. The van der Waals surface area contributed by atoms with Gasteiger partial charge in [-0.15, -0.1) is 0 Å². The first-order valence-corrected chi connectivity index (χ1v) is 9.08. The number of hydrogen-bond acceptors (Lipinski definition) is 3. The molecule has 2 rings (SSSR count). The fraction of sp³-hybridized carbons (Fsp3) is 0.176. The summed E-state index contributed by atoms with van der Waals surface area (Å²) in [6.07, 6.45) is -1.16. The summed E-state index contributed by atoms with van der Waals surface area (Å²) in [5.74, 6) is -0.480. The third-order valence-corrected chi connectivity index (χ3v) is 4.21. The molecule has 0 aliphatic carbocycles. The number of nitrogens with one attached hydrogen (secondary N) is 3. The zero-order chi connectivity index (χ0) is 20.0. The maximum atomic E-state index is 13.0. The van der Waals surface area contributed by atoms with E-state index in [1.54, 1.807) is 24.3 Å². The van der Waals surface area contributed by atoms with Gasteiger partial charge in [0.1, 0.15) is 17.7 Å². The van der Waals surface area contributed by atoms with Gasteiger partial charge in [0.15, 0.2) is 5.11 Å². The molecule has 0 spiro atoms. The molecule has 0 fully saturated rings. The molecular formula is C17H15Cl3FN3O2S. The van der Waals surface area contributed by atoms with Crippen molar-refractivity contribution in [1.82, 2.24) is 10.6 Å². The lowest BCUT2D eigenvalue weighted by Crippen LogP contribution is -2.56. The fourth-order valence-corrected chi connectivity index (χ4v) is 2.61. The summed E-state index contributed by atoms with van der Waals surface area (Å²) in [5.41, 5.74) is 0.784. The van der Waals surface area contributed by atoms with E-state index in [2.05, 4.69) is 16.0 Å². The van der Waals surface area contributed by atoms with E-state index in [1.165, 1.54) is 19.2 Å². The number of thiocarbonyl (C=S) groups is 1. The summed E-state index contributed by atoms with van der Waals surface area (Å²) in [6.45, 7) is 0. The number of carbonyl (C=O) groups is 1.